The van der Waals surface area contributed by atoms with Gasteiger partial charge in [0.1, 0.15) is 0 Å². The van der Waals surface area contributed by atoms with Crippen LogP contribution in [0.2, 0.25) is 0 Å². The Kier molecular flexibility index (Phi) is 1.62. The van der Waals surface area contributed by atoms with Crippen LogP contribution < -0.4 is 5.32 Å². The highest BCUT2D eigenvalue weighted by atomic mass is 32.2. The lowest BCUT2D eigenvalue weighted by Crippen LogP contribution is -2.62. The standard InChI is InChI=1S/C10H15NO4S/c1-9(2)5-4-6-10(9,3)7(8(12)11-5)16(13,14)15-6/h5-7H,4H2,1-3H3,(H,11,12)/t5-,6+,7-,10-/m1/s1. The third kappa shape index (κ3) is 0.841. The number of carbonyl (C=O) groups is 1. The molecule has 0 aromatic heterocycles. The third-order valence-corrected chi connectivity index (χ3v) is 6.80. The summed E-state index contributed by atoms with van der Waals surface area (Å²) in [4.78, 5) is 11.9. The van der Waals surface area contributed by atoms with E-state index in [0.717, 1.165) is 0 Å². The summed E-state index contributed by atoms with van der Waals surface area (Å²) in [7, 11) is -3.75. The molecule has 16 heavy (non-hydrogen) atoms. The Labute approximate surface area is 94.7 Å². The zero-order valence-corrected chi connectivity index (χ0v) is 10.3. The van der Waals surface area contributed by atoms with Crippen LogP contribution >= 0.6 is 0 Å². The Morgan fingerprint density at radius 2 is 2.00 bits per heavy atom. The van der Waals surface area contributed by atoms with Crippen molar-refractivity contribution in [2.45, 2.75) is 44.6 Å². The fraction of sp³-hybridized carbons (Fsp3) is 0.900. The normalized spacial score (nSPS) is 51.4. The van der Waals surface area contributed by atoms with Crippen molar-refractivity contribution in [1.82, 2.24) is 5.32 Å². The monoisotopic (exact) mass is 245 g/mol. The average molecular weight is 245 g/mol. The third-order valence-electron chi connectivity index (χ3n) is 5.02. The minimum Gasteiger partial charge on any atom is -0.351 e. The largest absolute Gasteiger partial charge is 0.351 e. The zero-order chi connectivity index (χ0) is 11.9. The molecule has 4 atom stereocenters. The SMILES string of the molecule is CC1(C)[C@H]2C[C@@H]3OS(=O)(=O)[C@H](C(=O)N2)[C@@]31C. The zero-order valence-electron chi connectivity index (χ0n) is 9.48. The Morgan fingerprint density at radius 3 is 2.62 bits per heavy atom. The van der Waals surface area contributed by atoms with E-state index in [1.165, 1.54) is 0 Å². The molecule has 0 aromatic carbocycles. The Balaban J connectivity index is 2.28. The maximum absolute atomic E-state index is 11.9. The number of hydrogen-bond acceptors (Lipinski definition) is 4. The summed E-state index contributed by atoms with van der Waals surface area (Å²) < 4.78 is 28.8. The number of carbonyl (C=O) groups excluding carboxylic acids is 1. The van der Waals surface area contributed by atoms with Crippen molar-refractivity contribution < 1.29 is 17.4 Å². The van der Waals surface area contributed by atoms with Crippen LogP contribution in [0.4, 0.5) is 0 Å². The van der Waals surface area contributed by atoms with E-state index < -0.39 is 26.7 Å². The van der Waals surface area contributed by atoms with Crippen molar-refractivity contribution in [2.24, 2.45) is 10.8 Å². The fourth-order valence-electron chi connectivity index (χ4n) is 3.60. The van der Waals surface area contributed by atoms with Gasteiger partial charge in [-0.05, 0) is 11.8 Å². The van der Waals surface area contributed by atoms with Crippen LogP contribution in [0.15, 0.2) is 0 Å². The summed E-state index contributed by atoms with van der Waals surface area (Å²) in [5.41, 5.74) is -0.849. The first-order valence-electron chi connectivity index (χ1n) is 5.44. The molecule has 3 fully saturated rings. The van der Waals surface area contributed by atoms with Crippen LogP contribution in [-0.2, 0) is 19.1 Å². The Morgan fingerprint density at radius 1 is 1.38 bits per heavy atom. The maximum atomic E-state index is 11.9. The molecule has 1 N–H and O–H groups in total. The molecule has 2 saturated heterocycles. The van der Waals surface area contributed by atoms with Gasteiger partial charge in [0.2, 0.25) is 5.91 Å². The van der Waals surface area contributed by atoms with Gasteiger partial charge in [-0.3, -0.25) is 8.98 Å². The predicted octanol–water partition coefficient (Wildman–Crippen LogP) is 0.0182. The molecule has 1 aliphatic carbocycles. The summed E-state index contributed by atoms with van der Waals surface area (Å²) in [6.07, 6.45) is 0.228. The molecule has 5 nitrogen and oxygen atoms in total. The van der Waals surface area contributed by atoms with Gasteiger partial charge >= 0.3 is 0 Å². The van der Waals surface area contributed by atoms with Crippen LogP contribution in [0.1, 0.15) is 27.2 Å². The second-order valence-electron chi connectivity index (χ2n) is 5.76. The van der Waals surface area contributed by atoms with Gasteiger partial charge in [-0.25, -0.2) is 0 Å². The molecule has 6 heteroatoms. The van der Waals surface area contributed by atoms with Crippen LogP contribution in [0.25, 0.3) is 0 Å². The number of hydrogen-bond donors (Lipinski definition) is 1. The lowest BCUT2D eigenvalue weighted by molar-refractivity contribution is -0.129. The van der Waals surface area contributed by atoms with Gasteiger partial charge in [-0.1, -0.05) is 20.8 Å². The first-order valence-corrected chi connectivity index (χ1v) is 6.91. The van der Waals surface area contributed by atoms with Crippen molar-refractivity contribution in [3.63, 3.8) is 0 Å². The molecule has 0 radical (unpaired) electrons. The highest BCUT2D eigenvalue weighted by Gasteiger charge is 2.74. The minimum absolute atomic E-state index is 0.0155. The van der Waals surface area contributed by atoms with Crippen LogP contribution in [0.3, 0.4) is 0 Å². The van der Waals surface area contributed by atoms with Crippen LogP contribution in [0.5, 0.6) is 0 Å². The first-order chi connectivity index (χ1) is 7.21. The summed E-state index contributed by atoms with van der Waals surface area (Å²) in [6.45, 7) is 5.88. The maximum Gasteiger partial charge on any atom is 0.280 e. The van der Waals surface area contributed by atoms with E-state index in [-0.39, 0.29) is 17.6 Å². The van der Waals surface area contributed by atoms with E-state index in [1.54, 1.807) is 0 Å². The van der Waals surface area contributed by atoms with Crippen LogP contribution in [-0.4, -0.2) is 31.7 Å². The molecule has 0 unspecified atom stereocenters. The van der Waals surface area contributed by atoms with Crippen molar-refractivity contribution >= 4 is 16.0 Å². The fourth-order valence-corrected chi connectivity index (χ4v) is 5.70. The van der Waals surface area contributed by atoms with Gasteiger partial charge in [0.05, 0.1) is 6.10 Å². The molecule has 2 bridgehead atoms. The van der Waals surface area contributed by atoms with Gasteiger partial charge in [0.15, 0.2) is 5.25 Å². The number of fused-ring (bicyclic) bond motifs is 1. The van der Waals surface area contributed by atoms with E-state index in [9.17, 15) is 13.2 Å². The number of nitrogens with one attached hydrogen (secondary N) is 1. The topological polar surface area (TPSA) is 72.5 Å². The molecule has 1 amide bonds. The van der Waals surface area contributed by atoms with Crippen molar-refractivity contribution in [3.05, 3.63) is 0 Å². The number of amides is 1. The van der Waals surface area contributed by atoms with E-state index in [1.807, 2.05) is 20.8 Å². The van der Waals surface area contributed by atoms with E-state index in [4.69, 9.17) is 4.18 Å². The summed E-state index contributed by atoms with van der Waals surface area (Å²) in [6, 6.07) is 0.0155. The summed E-state index contributed by atoms with van der Waals surface area (Å²) in [5, 5.41) is 1.77. The second kappa shape index (κ2) is 2.46. The lowest BCUT2D eigenvalue weighted by Gasteiger charge is -2.46. The minimum atomic E-state index is -3.75. The van der Waals surface area contributed by atoms with Crippen molar-refractivity contribution in [1.29, 1.82) is 0 Å². The lowest BCUT2D eigenvalue weighted by atomic mass is 9.63. The average Bonchev–Trinajstić information content (AvgIpc) is 2.32. The van der Waals surface area contributed by atoms with E-state index >= 15 is 0 Å². The molecule has 3 rings (SSSR count). The van der Waals surface area contributed by atoms with Gasteiger partial charge in [-0.15, -0.1) is 0 Å². The highest BCUT2D eigenvalue weighted by Crippen LogP contribution is 2.63. The van der Waals surface area contributed by atoms with Crippen molar-refractivity contribution in [2.75, 3.05) is 0 Å². The Bertz CT molecular complexity index is 483. The van der Waals surface area contributed by atoms with Gasteiger partial charge in [0.25, 0.3) is 10.1 Å². The molecule has 2 heterocycles. The molecular weight excluding hydrogens is 230 g/mol. The van der Waals surface area contributed by atoms with Crippen LogP contribution in [0, 0.1) is 10.8 Å². The Hall–Kier alpha value is -0.620. The second-order valence-corrected chi connectivity index (χ2v) is 7.41. The molecule has 0 spiro atoms. The molecular formula is C10H15NO4S. The first kappa shape index (κ1) is 10.5. The number of rotatable bonds is 0. The molecule has 1 saturated carbocycles. The van der Waals surface area contributed by atoms with E-state index in [2.05, 4.69) is 5.32 Å². The van der Waals surface area contributed by atoms with Gasteiger partial charge in [0, 0.05) is 11.5 Å². The number of piperidine rings is 1. The highest BCUT2D eigenvalue weighted by molar-refractivity contribution is 7.88. The van der Waals surface area contributed by atoms with Crippen molar-refractivity contribution in [3.8, 4) is 0 Å². The summed E-state index contributed by atoms with van der Waals surface area (Å²) in [5.74, 6) is -0.396. The molecule has 90 valence electrons. The molecule has 3 aliphatic rings. The van der Waals surface area contributed by atoms with Gasteiger partial charge in [-0.2, -0.15) is 8.42 Å². The van der Waals surface area contributed by atoms with Gasteiger partial charge < -0.3 is 5.32 Å². The molecule has 0 aromatic rings. The summed E-state index contributed by atoms with van der Waals surface area (Å²) >= 11 is 0. The van der Waals surface area contributed by atoms with E-state index in [0.29, 0.717) is 6.42 Å². The molecule has 2 aliphatic heterocycles. The smallest absolute Gasteiger partial charge is 0.280 e. The quantitative estimate of drug-likeness (QED) is 0.611. The predicted molar refractivity (Wildman–Crippen MR) is 56.0 cm³/mol.